The van der Waals surface area contributed by atoms with Crippen molar-refractivity contribution in [2.45, 2.75) is 65.2 Å². The van der Waals surface area contributed by atoms with Gasteiger partial charge < -0.3 is 9.47 Å². The molecule has 0 saturated heterocycles. The van der Waals surface area contributed by atoms with E-state index in [1.165, 1.54) is 25.7 Å². The predicted octanol–water partition coefficient (Wildman–Crippen LogP) is 10.7. The van der Waals surface area contributed by atoms with Crippen molar-refractivity contribution in [3.05, 3.63) is 69.1 Å². The zero-order valence-corrected chi connectivity index (χ0v) is 26.1. The van der Waals surface area contributed by atoms with Crippen LogP contribution in [0.5, 0.6) is 11.5 Å². The molecule has 4 aromatic rings. The minimum atomic E-state index is -1.02. The zero-order valence-electron chi connectivity index (χ0n) is 22.9. The lowest BCUT2D eigenvalue weighted by Crippen LogP contribution is -2.02. The van der Waals surface area contributed by atoms with Crippen LogP contribution in [0.15, 0.2) is 57.5 Å². The molecule has 0 aliphatic rings. The van der Waals surface area contributed by atoms with Crippen molar-refractivity contribution in [1.29, 1.82) is 0 Å². The molecule has 0 aliphatic heterocycles. The van der Waals surface area contributed by atoms with Crippen molar-refractivity contribution in [2.75, 3.05) is 13.2 Å². The highest BCUT2D eigenvalue weighted by atomic mass is 79.9. The summed E-state index contributed by atoms with van der Waals surface area (Å²) in [5, 5.41) is 0. The Bertz CT molecular complexity index is 1340. The van der Waals surface area contributed by atoms with Crippen LogP contribution in [0.2, 0.25) is 0 Å². The summed E-state index contributed by atoms with van der Waals surface area (Å²) < 4.78 is 41.2. The minimum Gasteiger partial charge on any atom is -0.494 e. The fourth-order valence-corrected chi connectivity index (χ4v) is 5.35. The highest BCUT2D eigenvalue weighted by molar-refractivity contribution is 9.11. The first-order valence-electron chi connectivity index (χ1n) is 13.9. The van der Waals surface area contributed by atoms with Crippen LogP contribution in [0.1, 0.15) is 65.2 Å². The Morgan fingerprint density at radius 2 is 1.05 bits per heavy atom. The van der Waals surface area contributed by atoms with E-state index in [1.54, 1.807) is 0 Å². The maximum absolute atomic E-state index is 14.7. The number of hydrogen-bond donors (Lipinski definition) is 0. The number of benzene rings is 3. The molecule has 0 unspecified atom stereocenters. The number of halogens is 4. The van der Waals surface area contributed by atoms with Crippen LogP contribution >= 0.6 is 31.9 Å². The van der Waals surface area contributed by atoms with Crippen LogP contribution in [0.3, 0.4) is 0 Å². The third-order valence-corrected chi connectivity index (χ3v) is 8.09. The molecule has 0 aliphatic carbocycles. The van der Waals surface area contributed by atoms with Gasteiger partial charge in [-0.05, 0) is 69.0 Å². The van der Waals surface area contributed by atoms with Crippen molar-refractivity contribution in [1.82, 2.24) is 9.97 Å². The summed E-state index contributed by atoms with van der Waals surface area (Å²) in [6.07, 6.45) is 8.91. The van der Waals surface area contributed by atoms with Gasteiger partial charge in [0.2, 0.25) is 0 Å². The third kappa shape index (κ3) is 7.38. The highest BCUT2D eigenvalue weighted by Crippen LogP contribution is 2.39. The first-order chi connectivity index (χ1) is 19.4. The summed E-state index contributed by atoms with van der Waals surface area (Å²) in [4.78, 5) is 9.66. The number of fused-ring (bicyclic) bond motifs is 1. The molecule has 4 nitrogen and oxygen atoms in total. The minimum absolute atomic E-state index is 0.0732. The summed E-state index contributed by atoms with van der Waals surface area (Å²) in [5.74, 6) is -0.599. The van der Waals surface area contributed by atoms with Gasteiger partial charge >= 0.3 is 0 Å². The topological polar surface area (TPSA) is 44.2 Å². The maximum atomic E-state index is 14.7. The molecule has 3 aromatic carbocycles. The number of unbranched alkanes of at least 4 members (excludes halogenated alkanes) is 6. The van der Waals surface area contributed by atoms with Gasteiger partial charge in [0.05, 0.1) is 33.5 Å². The fraction of sp³-hybridized carbons (Fsp3) is 0.375. The molecule has 0 bridgehead atoms. The van der Waals surface area contributed by atoms with Crippen molar-refractivity contribution < 1.29 is 18.3 Å². The van der Waals surface area contributed by atoms with E-state index in [0.29, 0.717) is 24.6 Å². The molecular weight excluding hydrogens is 642 g/mol. The molecular formula is C32H34Br2F2N2O2. The van der Waals surface area contributed by atoms with Crippen molar-refractivity contribution in [2.24, 2.45) is 0 Å². The average molecular weight is 676 g/mol. The number of ether oxygens (including phenoxy) is 2. The van der Waals surface area contributed by atoms with Gasteiger partial charge in [-0.2, -0.15) is 0 Å². The largest absolute Gasteiger partial charge is 0.494 e. The van der Waals surface area contributed by atoms with Gasteiger partial charge in [0.1, 0.15) is 22.5 Å². The summed E-state index contributed by atoms with van der Waals surface area (Å²) in [7, 11) is 0. The molecule has 1 heterocycles. The van der Waals surface area contributed by atoms with E-state index in [0.717, 1.165) is 48.3 Å². The van der Waals surface area contributed by atoms with Crippen LogP contribution in [-0.2, 0) is 0 Å². The van der Waals surface area contributed by atoms with Crippen LogP contribution < -0.4 is 9.47 Å². The second-order valence-electron chi connectivity index (χ2n) is 9.75. The first-order valence-corrected chi connectivity index (χ1v) is 15.5. The summed E-state index contributed by atoms with van der Waals surface area (Å²) >= 11 is 6.39. The lowest BCUT2D eigenvalue weighted by atomic mass is 10.0. The van der Waals surface area contributed by atoms with Crippen molar-refractivity contribution in [3.8, 4) is 34.0 Å². The Hall–Kier alpha value is -2.58. The Kier molecular flexibility index (Phi) is 11.3. The number of nitrogens with zero attached hydrogens (tertiary/aromatic N) is 2. The lowest BCUT2D eigenvalue weighted by molar-refractivity contribution is 0.305. The predicted molar refractivity (Wildman–Crippen MR) is 165 cm³/mol. The molecule has 1 aromatic heterocycles. The van der Waals surface area contributed by atoms with Crippen LogP contribution in [0, 0.1) is 11.6 Å². The number of aromatic nitrogens is 2. The molecule has 0 atom stereocenters. The monoisotopic (exact) mass is 674 g/mol. The van der Waals surface area contributed by atoms with E-state index in [9.17, 15) is 8.78 Å². The maximum Gasteiger partial charge on any atom is 0.176 e. The Morgan fingerprint density at radius 1 is 0.625 bits per heavy atom. The van der Waals surface area contributed by atoms with E-state index in [2.05, 4.69) is 45.7 Å². The molecule has 0 amide bonds. The highest BCUT2D eigenvalue weighted by Gasteiger charge is 2.23. The van der Waals surface area contributed by atoms with E-state index < -0.39 is 11.6 Å². The Balaban J connectivity index is 1.76. The van der Waals surface area contributed by atoms with Crippen molar-refractivity contribution >= 4 is 42.9 Å². The van der Waals surface area contributed by atoms with Gasteiger partial charge in [-0.15, -0.1) is 0 Å². The molecule has 0 spiro atoms. The fourth-order valence-electron chi connectivity index (χ4n) is 4.45. The van der Waals surface area contributed by atoms with E-state index in [1.807, 2.05) is 48.5 Å². The first kappa shape index (κ1) is 30.4. The van der Waals surface area contributed by atoms with Gasteiger partial charge in [0, 0.05) is 11.1 Å². The van der Waals surface area contributed by atoms with Crippen LogP contribution in [0.25, 0.3) is 33.5 Å². The summed E-state index contributed by atoms with van der Waals surface area (Å²) in [5.41, 5.74) is 3.02. The van der Waals surface area contributed by atoms with E-state index in [4.69, 9.17) is 19.4 Å². The molecule has 4 rings (SSSR count). The molecule has 212 valence electrons. The van der Waals surface area contributed by atoms with Crippen LogP contribution in [0.4, 0.5) is 8.78 Å². The van der Waals surface area contributed by atoms with E-state index in [-0.39, 0.29) is 20.0 Å². The lowest BCUT2D eigenvalue weighted by Gasteiger charge is -2.15. The van der Waals surface area contributed by atoms with Crippen LogP contribution in [-0.4, -0.2) is 23.2 Å². The molecule has 40 heavy (non-hydrogen) atoms. The summed E-state index contributed by atoms with van der Waals surface area (Å²) in [6, 6.07) is 15.3. The second-order valence-corrected chi connectivity index (χ2v) is 11.3. The quantitative estimate of drug-likeness (QED) is 0.0758. The third-order valence-electron chi connectivity index (χ3n) is 6.64. The SMILES string of the molecule is CCCCCCOc1cccc(-c2nc3c(Br)c(F)c(F)c(Br)c3nc2-c2cccc(OCCCCCC)c2)c1. The van der Waals surface area contributed by atoms with Gasteiger partial charge in [-0.25, -0.2) is 18.7 Å². The number of hydrogen-bond acceptors (Lipinski definition) is 4. The summed E-state index contributed by atoms with van der Waals surface area (Å²) in [6.45, 7) is 5.61. The van der Waals surface area contributed by atoms with E-state index >= 15 is 0 Å². The normalized spacial score (nSPS) is 11.2. The smallest absolute Gasteiger partial charge is 0.176 e. The van der Waals surface area contributed by atoms with Gasteiger partial charge in [0.15, 0.2) is 11.6 Å². The Morgan fingerprint density at radius 3 is 1.45 bits per heavy atom. The second kappa shape index (κ2) is 14.9. The Labute approximate surface area is 251 Å². The van der Waals surface area contributed by atoms with Gasteiger partial charge in [-0.3, -0.25) is 0 Å². The van der Waals surface area contributed by atoms with Crippen molar-refractivity contribution in [3.63, 3.8) is 0 Å². The molecule has 0 saturated carbocycles. The molecule has 0 radical (unpaired) electrons. The van der Waals surface area contributed by atoms with Gasteiger partial charge in [-0.1, -0.05) is 76.6 Å². The molecule has 8 heteroatoms. The molecule has 0 fully saturated rings. The number of rotatable bonds is 14. The zero-order chi connectivity index (χ0) is 28.5. The standard InChI is InChI=1S/C32H34Br2F2N2O2/c1-3-5-7-9-17-39-23-15-11-13-21(19-23)29-30(22-14-12-16-24(20-22)40-18-10-8-6-4-2)38-32-26(34)28(36)27(35)25(33)31(32)37-29/h11-16,19-20H,3-10,17-18H2,1-2H3. The average Bonchev–Trinajstić information content (AvgIpc) is 2.98. The van der Waals surface area contributed by atoms with Gasteiger partial charge in [0.25, 0.3) is 0 Å². The molecule has 0 N–H and O–H groups in total.